The molecule has 1 aliphatic heterocycles. The maximum atomic E-state index is 11.8. The van der Waals surface area contributed by atoms with Crippen LogP contribution < -0.4 is 10.6 Å². The zero-order valence-electron chi connectivity index (χ0n) is 11.2. The van der Waals surface area contributed by atoms with Gasteiger partial charge in [-0.25, -0.2) is 4.79 Å². The molecule has 2 fully saturated rings. The zero-order chi connectivity index (χ0) is 12.6. The van der Waals surface area contributed by atoms with Crippen molar-refractivity contribution in [2.45, 2.75) is 57.4 Å². The molecule has 1 aliphatic carbocycles. The van der Waals surface area contributed by atoms with Gasteiger partial charge >= 0.3 is 6.03 Å². The number of amides is 2. The molecular formula is C14H26N2O2. The van der Waals surface area contributed by atoms with Crippen molar-refractivity contribution in [2.75, 3.05) is 19.8 Å². The maximum Gasteiger partial charge on any atom is 0.315 e. The highest BCUT2D eigenvalue weighted by Gasteiger charge is 2.17. The SMILES string of the molecule is O=C(NCC1CCOCC1)NC1CCCCCC1. The molecule has 1 saturated heterocycles. The first-order chi connectivity index (χ1) is 8.84. The van der Waals surface area contributed by atoms with Crippen molar-refractivity contribution in [1.29, 1.82) is 0 Å². The average molecular weight is 254 g/mol. The van der Waals surface area contributed by atoms with Crippen LogP contribution in [0.25, 0.3) is 0 Å². The number of carbonyl (C=O) groups excluding carboxylic acids is 1. The van der Waals surface area contributed by atoms with Gasteiger partial charge in [0.05, 0.1) is 0 Å². The van der Waals surface area contributed by atoms with Gasteiger partial charge in [-0.2, -0.15) is 0 Å². The summed E-state index contributed by atoms with van der Waals surface area (Å²) in [7, 11) is 0. The van der Waals surface area contributed by atoms with Gasteiger partial charge in [0, 0.05) is 25.8 Å². The van der Waals surface area contributed by atoms with Gasteiger partial charge in [-0.1, -0.05) is 25.7 Å². The molecule has 1 saturated carbocycles. The number of ether oxygens (including phenoxy) is 1. The Kier molecular flexibility index (Phi) is 5.78. The highest BCUT2D eigenvalue weighted by molar-refractivity contribution is 5.74. The Balaban J connectivity index is 1.61. The first kappa shape index (κ1) is 13.7. The van der Waals surface area contributed by atoms with Crippen LogP contribution in [0.3, 0.4) is 0 Å². The summed E-state index contributed by atoms with van der Waals surface area (Å²) in [5, 5.41) is 6.13. The van der Waals surface area contributed by atoms with Crippen LogP contribution in [0, 0.1) is 5.92 Å². The number of carbonyl (C=O) groups is 1. The van der Waals surface area contributed by atoms with Crippen molar-refractivity contribution in [3.63, 3.8) is 0 Å². The van der Waals surface area contributed by atoms with Gasteiger partial charge in [0.15, 0.2) is 0 Å². The van der Waals surface area contributed by atoms with Crippen LogP contribution in [0.5, 0.6) is 0 Å². The number of urea groups is 1. The molecule has 0 atom stereocenters. The lowest BCUT2D eigenvalue weighted by atomic mass is 10.0. The van der Waals surface area contributed by atoms with Crippen LogP contribution in [0.2, 0.25) is 0 Å². The number of hydrogen-bond acceptors (Lipinski definition) is 2. The number of rotatable bonds is 3. The monoisotopic (exact) mass is 254 g/mol. The molecule has 0 unspecified atom stereocenters. The second-order valence-corrected chi connectivity index (χ2v) is 5.60. The fourth-order valence-electron chi connectivity index (χ4n) is 2.85. The molecular weight excluding hydrogens is 228 g/mol. The Morgan fingerprint density at radius 3 is 2.33 bits per heavy atom. The molecule has 0 aromatic heterocycles. The number of nitrogens with one attached hydrogen (secondary N) is 2. The maximum absolute atomic E-state index is 11.8. The van der Waals surface area contributed by atoms with E-state index in [1.54, 1.807) is 0 Å². The lowest BCUT2D eigenvalue weighted by Gasteiger charge is -2.23. The summed E-state index contributed by atoms with van der Waals surface area (Å²) in [4.78, 5) is 11.8. The van der Waals surface area contributed by atoms with Crippen molar-refractivity contribution in [2.24, 2.45) is 5.92 Å². The van der Waals surface area contributed by atoms with Gasteiger partial charge in [0.25, 0.3) is 0 Å². The second kappa shape index (κ2) is 7.62. The van der Waals surface area contributed by atoms with Gasteiger partial charge in [0.1, 0.15) is 0 Å². The van der Waals surface area contributed by atoms with Crippen molar-refractivity contribution in [3.05, 3.63) is 0 Å². The lowest BCUT2D eigenvalue weighted by Crippen LogP contribution is -2.44. The molecule has 2 amide bonds. The van der Waals surface area contributed by atoms with Crippen molar-refractivity contribution < 1.29 is 9.53 Å². The zero-order valence-corrected chi connectivity index (χ0v) is 11.2. The van der Waals surface area contributed by atoms with Crippen LogP contribution in [0.4, 0.5) is 4.79 Å². The van der Waals surface area contributed by atoms with Crippen LogP contribution >= 0.6 is 0 Å². The largest absolute Gasteiger partial charge is 0.381 e. The quantitative estimate of drug-likeness (QED) is 0.760. The van der Waals surface area contributed by atoms with Gasteiger partial charge in [-0.05, 0) is 31.6 Å². The van der Waals surface area contributed by atoms with Gasteiger partial charge in [0.2, 0.25) is 0 Å². The Labute approximate surface area is 110 Å². The molecule has 1 heterocycles. The van der Waals surface area contributed by atoms with Gasteiger partial charge in [-0.3, -0.25) is 0 Å². The molecule has 2 aliphatic rings. The molecule has 4 heteroatoms. The second-order valence-electron chi connectivity index (χ2n) is 5.60. The van der Waals surface area contributed by atoms with Crippen LogP contribution in [-0.2, 0) is 4.74 Å². The molecule has 2 rings (SSSR count). The minimum absolute atomic E-state index is 0.0217. The van der Waals surface area contributed by atoms with Gasteiger partial charge < -0.3 is 15.4 Å². The Bertz CT molecular complexity index is 244. The molecule has 104 valence electrons. The standard InChI is InChI=1S/C14H26N2O2/c17-14(15-11-12-7-9-18-10-8-12)16-13-5-3-1-2-4-6-13/h12-13H,1-11H2,(H2,15,16,17). The number of hydrogen-bond donors (Lipinski definition) is 2. The summed E-state index contributed by atoms with van der Waals surface area (Å²) >= 11 is 0. The van der Waals surface area contributed by atoms with Crippen LogP contribution in [0.1, 0.15) is 51.4 Å². The molecule has 0 aromatic rings. The van der Waals surface area contributed by atoms with Crippen molar-refractivity contribution in [1.82, 2.24) is 10.6 Å². The highest BCUT2D eigenvalue weighted by Crippen LogP contribution is 2.17. The van der Waals surface area contributed by atoms with Crippen LogP contribution in [0.15, 0.2) is 0 Å². The molecule has 0 aromatic carbocycles. The van der Waals surface area contributed by atoms with E-state index in [0.29, 0.717) is 12.0 Å². The van der Waals surface area contributed by atoms with E-state index in [4.69, 9.17) is 4.74 Å². The third-order valence-corrected chi connectivity index (χ3v) is 4.08. The average Bonchev–Trinajstić information content (AvgIpc) is 2.66. The van der Waals surface area contributed by atoms with E-state index in [1.807, 2.05) is 0 Å². The van der Waals surface area contributed by atoms with Crippen LogP contribution in [-0.4, -0.2) is 31.8 Å². The molecule has 4 nitrogen and oxygen atoms in total. The third kappa shape index (κ3) is 4.84. The normalized spacial score (nSPS) is 23.3. The van der Waals surface area contributed by atoms with Crippen molar-refractivity contribution >= 4 is 6.03 Å². The minimum Gasteiger partial charge on any atom is -0.381 e. The summed E-state index contributed by atoms with van der Waals surface area (Å²) in [5.41, 5.74) is 0. The fraction of sp³-hybridized carbons (Fsp3) is 0.929. The summed E-state index contributed by atoms with van der Waals surface area (Å²) in [5.74, 6) is 0.596. The highest BCUT2D eigenvalue weighted by atomic mass is 16.5. The Morgan fingerprint density at radius 1 is 1.00 bits per heavy atom. The van der Waals surface area contributed by atoms with E-state index >= 15 is 0 Å². The summed E-state index contributed by atoms with van der Waals surface area (Å²) < 4.78 is 5.31. The Hall–Kier alpha value is -0.770. The van der Waals surface area contributed by atoms with E-state index < -0.39 is 0 Å². The van der Waals surface area contributed by atoms with E-state index in [9.17, 15) is 4.79 Å². The van der Waals surface area contributed by atoms with Crippen molar-refractivity contribution in [3.8, 4) is 0 Å². The Morgan fingerprint density at radius 2 is 1.67 bits per heavy atom. The first-order valence-corrected chi connectivity index (χ1v) is 7.46. The molecule has 0 radical (unpaired) electrons. The smallest absolute Gasteiger partial charge is 0.315 e. The topological polar surface area (TPSA) is 50.4 Å². The molecule has 2 N–H and O–H groups in total. The molecule has 0 spiro atoms. The molecule has 18 heavy (non-hydrogen) atoms. The van der Waals surface area contributed by atoms with E-state index in [-0.39, 0.29) is 6.03 Å². The lowest BCUT2D eigenvalue weighted by molar-refractivity contribution is 0.0669. The fourth-order valence-corrected chi connectivity index (χ4v) is 2.85. The summed E-state index contributed by atoms with van der Waals surface area (Å²) in [6, 6.07) is 0.413. The third-order valence-electron chi connectivity index (χ3n) is 4.08. The predicted octanol–water partition coefficient (Wildman–Crippen LogP) is 2.44. The summed E-state index contributed by atoms with van der Waals surface area (Å²) in [6.07, 6.45) is 9.59. The summed E-state index contributed by atoms with van der Waals surface area (Å²) in [6.45, 7) is 2.48. The van der Waals surface area contributed by atoms with Gasteiger partial charge in [-0.15, -0.1) is 0 Å². The molecule has 0 bridgehead atoms. The first-order valence-electron chi connectivity index (χ1n) is 7.46. The predicted molar refractivity (Wildman–Crippen MR) is 71.6 cm³/mol. The van der Waals surface area contributed by atoms with E-state index in [1.165, 1.54) is 25.7 Å². The van der Waals surface area contributed by atoms with E-state index in [0.717, 1.165) is 45.4 Å². The van der Waals surface area contributed by atoms with E-state index in [2.05, 4.69) is 10.6 Å². The minimum atomic E-state index is 0.0217.